The van der Waals surface area contributed by atoms with Gasteiger partial charge >= 0.3 is 0 Å². The van der Waals surface area contributed by atoms with Gasteiger partial charge in [0.25, 0.3) is 11.5 Å². The highest BCUT2D eigenvalue weighted by molar-refractivity contribution is 6.33. The summed E-state index contributed by atoms with van der Waals surface area (Å²) in [6, 6.07) is 6.56. The molecule has 11 nitrogen and oxygen atoms in total. The Bertz CT molecular complexity index is 1720. The van der Waals surface area contributed by atoms with Gasteiger partial charge < -0.3 is 31.1 Å². The number of allylic oxidation sites excluding steroid dienone is 5. The molecule has 0 radical (unpaired) electrons. The zero-order valence-electron chi connectivity index (χ0n) is 25.9. The number of hydrogen-bond donors (Lipinski definition) is 4. The van der Waals surface area contributed by atoms with E-state index in [0.29, 0.717) is 45.5 Å². The van der Waals surface area contributed by atoms with E-state index in [2.05, 4.69) is 32.0 Å². The molecule has 0 unspecified atom stereocenters. The van der Waals surface area contributed by atoms with Crippen LogP contribution in [0.5, 0.6) is 0 Å². The van der Waals surface area contributed by atoms with Gasteiger partial charge in [0.2, 0.25) is 5.95 Å². The molecular formula is C32H39ClN8O3. The van der Waals surface area contributed by atoms with E-state index in [4.69, 9.17) is 21.8 Å². The molecule has 0 saturated heterocycles. The number of likely N-dealkylation sites (N-methyl/N-ethyl adjacent to an activating group) is 1. The van der Waals surface area contributed by atoms with E-state index in [-0.39, 0.29) is 11.3 Å². The molecule has 232 valence electrons. The molecule has 4 N–H and O–H groups in total. The Hall–Kier alpha value is -4.48. The SMILES string of the molecule is COn1c(=O)c(-c2cc(NC(=O)/C(=C/C(=N)C(C)(C)C)NC3=CC=CCC3)ccc2Cl)cc2cnc(NCCN(C)C)nc21. The summed E-state index contributed by atoms with van der Waals surface area (Å²) >= 11 is 6.59. The first-order valence-electron chi connectivity index (χ1n) is 14.3. The van der Waals surface area contributed by atoms with Crippen molar-refractivity contribution >= 4 is 45.9 Å². The number of nitrogens with one attached hydrogen (secondary N) is 4. The summed E-state index contributed by atoms with van der Waals surface area (Å²) in [5.74, 6) is -0.0599. The van der Waals surface area contributed by atoms with Crippen molar-refractivity contribution in [3.05, 3.63) is 81.5 Å². The third-order valence-corrected chi connectivity index (χ3v) is 7.22. The van der Waals surface area contributed by atoms with E-state index in [1.165, 1.54) is 7.11 Å². The number of halogens is 1. The van der Waals surface area contributed by atoms with Crippen LogP contribution in [0.1, 0.15) is 33.6 Å². The van der Waals surface area contributed by atoms with Crippen molar-refractivity contribution in [2.75, 3.05) is 44.9 Å². The highest BCUT2D eigenvalue weighted by atomic mass is 35.5. The quantitative estimate of drug-likeness (QED) is 0.177. The van der Waals surface area contributed by atoms with Crippen LogP contribution in [0, 0.1) is 10.8 Å². The predicted molar refractivity (Wildman–Crippen MR) is 177 cm³/mol. The van der Waals surface area contributed by atoms with Crippen molar-refractivity contribution in [1.29, 1.82) is 5.41 Å². The number of pyridine rings is 1. The monoisotopic (exact) mass is 618 g/mol. The van der Waals surface area contributed by atoms with Gasteiger partial charge in [0.1, 0.15) is 12.8 Å². The van der Waals surface area contributed by atoms with Crippen LogP contribution in [0.25, 0.3) is 22.2 Å². The minimum atomic E-state index is -0.471. The molecule has 1 aliphatic rings. The molecule has 2 heterocycles. The average molecular weight is 619 g/mol. The minimum absolute atomic E-state index is 0.238. The van der Waals surface area contributed by atoms with Crippen LogP contribution in [-0.4, -0.2) is 65.5 Å². The topological polar surface area (TPSA) is 137 Å². The number of carbonyl (C=O) groups excluding carboxylic acids is 1. The number of nitrogens with zero attached hydrogens (tertiary/aromatic N) is 4. The van der Waals surface area contributed by atoms with Gasteiger partial charge in [0, 0.05) is 57.8 Å². The second-order valence-electron chi connectivity index (χ2n) is 11.7. The Kier molecular flexibility index (Phi) is 10.2. The lowest BCUT2D eigenvalue weighted by Crippen LogP contribution is -2.29. The highest BCUT2D eigenvalue weighted by Crippen LogP contribution is 2.30. The maximum atomic E-state index is 13.6. The molecule has 0 spiro atoms. The largest absolute Gasteiger partial charge is 0.412 e. The molecule has 0 fully saturated rings. The number of carbonyl (C=O) groups is 1. The predicted octanol–water partition coefficient (Wildman–Crippen LogP) is 4.86. The summed E-state index contributed by atoms with van der Waals surface area (Å²) in [7, 11) is 5.33. The molecule has 0 atom stereocenters. The van der Waals surface area contributed by atoms with Crippen molar-refractivity contribution in [2.45, 2.75) is 33.6 Å². The Balaban J connectivity index is 1.68. The smallest absolute Gasteiger partial charge is 0.293 e. The lowest BCUT2D eigenvalue weighted by atomic mass is 9.89. The van der Waals surface area contributed by atoms with Gasteiger partial charge in [-0.05, 0) is 63.4 Å². The standard InChI is InChI=1S/C32H39ClN8O3/c1-32(2,3)27(34)18-26(37-21-10-8-7-9-11-21)29(42)38-22-12-13-25(33)23(17-22)24-16-20-19-36-31(35-14-15-40(4)5)39-28(20)41(44-6)30(24)43/h7-8,10,12-13,16-19,34,37H,9,11,14-15H2,1-6H3,(H,38,42)(H,35,36,39)/b26-18-,34-27?. The van der Waals surface area contributed by atoms with Gasteiger partial charge in [-0.15, -0.1) is 4.73 Å². The highest BCUT2D eigenvalue weighted by Gasteiger charge is 2.21. The maximum absolute atomic E-state index is 13.6. The van der Waals surface area contributed by atoms with Gasteiger partial charge in [0.05, 0.1) is 5.56 Å². The van der Waals surface area contributed by atoms with Crippen LogP contribution in [0.3, 0.4) is 0 Å². The Morgan fingerprint density at radius 1 is 1.20 bits per heavy atom. The number of amides is 1. The molecule has 0 aliphatic heterocycles. The van der Waals surface area contributed by atoms with Gasteiger partial charge in [0.15, 0.2) is 5.65 Å². The van der Waals surface area contributed by atoms with Crippen LogP contribution in [-0.2, 0) is 4.79 Å². The van der Waals surface area contributed by atoms with Gasteiger partial charge in [-0.1, -0.05) is 44.5 Å². The molecule has 0 saturated carbocycles. The van der Waals surface area contributed by atoms with E-state index in [1.54, 1.807) is 36.5 Å². The number of fused-ring (bicyclic) bond motifs is 1. The van der Waals surface area contributed by atoms with E-state index >= 15 is 0 Å². The Morgan fingerprint density at radius 2 is 1.98 bits per heavy atom. The summed E-state index contributed by atoms with van der Waals surface area (Å²) < 4.78 is 1.10. The summed E-state index contributed by atoms with van der Waals surface area (Å²) in [6.07, 6.45) is 10.7. The molecule has 1 aliphatic carbocycles. The first-order chi connectivity index (χ1) is 20.9. The Morgan fingerprint density at radius 3 is 2.64 bits per heavy atom. The van der Waals surface area contributed by atoms with Crippen LogP contribution < -0.4 is 26.3 Å². The number of benzene rings is 1. The third-order valence-electron chi connectivity index (χ3n) is 6.89. The van der Waals surface area contributed by atoms with Crippen molar-refractivity contribution in [3.8, 4) is 11.1 Å². The molecule has 3 aromatic rings. The summed E-state index contributed by atoms with van der Waals surface area (Å²) in [5, 5.41) is 18.6. The Labute approximate surface area is 262 Å². The fourth-order valence-electron chi connectivity index (χ4n) is 4.32. The van der Waals surface area contributed by atoms with Gasteiger partial charge in [-0.25, -0.2) is 4.98 Å². The molecule has 2 aromatic heterocycles. The van der Waals surface area contributed by atoms with Crippen LogP contribution in [0.2, 0.25) is 5.02 Å². The van der Waals surface area contributed by atoms with Gasteiger partial charge in [-0.3, -0.25) is 9.59 Å². The first kappa shape index (κ1) is 32.4. The third kappa shape index (κ3) is 7.91. The lowest BCUT2D eigenvalue weighted by molar-refractivity contribution is -0.113. The molecule has 12 heteroatoms. The second kappa shape index (κ2) is 13.9. The minimum Gasteiger partial charge on any atom is -0.412 e. The van der Waals surface area contributed by atoms with E-state index < -0.39 is 16.9 Å². The van der Waals surface area contributed by atoms with Gasteiger partial charge in [-0.2, -0.15) is 4.98 Å². The first-order valence-corrected chi connectivity index (χ1v) is 14.7. The van der Waals surface area contributed by atoms with E-state index in [9.17, 15) is 9.59 Å². The van der Waals surface area contributed by atoms with Crippen molar-refractivity contribution in [3.63, 3.8) is 0 Å². The summed E-state index contributed by atoms with van der Waals surface area (Å²) in [5.41, 5.74) is 1.86. The fraction of sp³-hybridized carbons (Fsp3) is 0.344. The van der Waals surface area contributed by atoms with Crippen molar-refractivity contribution < 1.29 is 9.63 Å². The lowest BCUT2D eigenvalue weighted by Gasteiger charge is -2.20. The van der Waals surface area contributed by atoms with Crippen molar-refractivity contribution in [1.82, 2.24) is 24.9 Å². The molecule has 0 bridgehead atoms. The molecule has 44 heavy (non-hydrogen) atoms. The van der Waals surface area contributed by atoms with Crippen molar-refractivity contribution in [2.24, 2.45) is 5.41 Å². The zero-order valence-corrected chi connectivity index (χ0v) is 26.7. The average Bonchev–Trinajstić information content (AvgIpc) is 2.97. The van der Waals surface area contributed by atoms with Crippen LogP contribution in [0.4, 0.5) is 11.6 Å². The normalized spacial score (nSPS) is 13.5. The number of hydrogen-bond acceptors (Lipinski definition) is 9. The summed E-state index contributed by atoms with van der Waals surface area (Å²) in [4.78, 5) is 43.5. The molecular weight excluding hydrogens is 580 g/mol. The second-order valence-corrected chi connectivity index (χ2v) is 12.1. The summed E-state index contributed by atoms with van der Waals surface area (Å²) in [6.45, 7) is 7.16. The van der Waals surface area contributed by atoms with Crippen LogP contribution >= 0.6 is 11.6 Å². The van der Waals surface area contributed by atoms with E-state index in [0.717, 1.165) is 29.8 Å². The number of rotatable bonds is 11. The maximum Gasteiger partial charge on any atom is 0.293 e. The molecule has 4 rings (SSSR count). The fourth-order valence-corrected chi connectivity index (χ4v) is 4.53. The number of aromatic nitrogens is 3. The zero-order chi connectivity index (χ0) is 32.0. The molecule has 1 aromatic carbocycles. The number of anilines is 2. The molecule has 1 amide bonds. The van der Waals surface area contributed by atoms with Crippen LogP contribution in [0.15, 0.2) is 71.0 Å². The van der Waals surface area contributed by atoms with E-state index in [1.807, 2.05) is 51.9 Å².